The van der Waals surface area contributed by atoms with Crippen LogP contribution < -0.4 is 10.6 Å². The molecule has 0 aliphatic heterocycles. The molecule has 0 aliphatic rings. The fraction of sp³-hybridized carbons (Fsp3) is 0.462. The van der Waals surface area contributed by atoms with E-state index >= 15 is 0 Å². The van der Waals surface area contributed by atoms with E-state index in [2.05, 4.69) is 0 Å². The molecule has 0 atom stereocenters. The maximum Gasteiger partial charge on any atom is 0.390 e. The van der Waals surface area contributed by atoms with Gasteiger partial charge in [-0.05, 0) is 19.1 Å². The number of ether oxygens (including phenoxy) is 1. The van der Waals surface area contributed by atoms with Gasteiger partial charge in [-0.3, -0.25) is 0 Å². The van der Waals surface area contributed by atoms with E-state index in [-0.39, 0.29) is 30.1 Å². The summed E-state index contributed by atoms with van der Waals surface area (Å²) in [5.74, 6) is -0.603. The Morgan fingerprint density at radius 2 is 2.05 bits per heavy atom. The number of esters is 1. The van der Waals surface area contributed by atoms with Gasteiger partial charge in [0, 0.05) is 13.6 Å². The first-order chi connectivity index (χ1) is 9.26. The van der Waals surface area contributed by atoms with Gasteiger partial charge >= 0.3 is 12.1 Å². The molecule has 20 heavy (non-hydrogen) atoms. The van der Waals surface area contributed by atoms with Crippen LogP contribution in [0.4, 0.5) is 24.5 Å². The van der Waals surface area contributed by atoms with Gasteiger partial charge in [-0.15, -0.1) is 0 Å². The topological polar surface area (TPSA) is 55.6 Å². The van der Waals surface area contributed by atoms with Crippen LogP contribution in [-0.4, -0.2) is 32.3 Å². The third kappa shape index (κ3) is 4.32. The van der Waals surface area contributed by atoms with Gasteiger partial charge in [-0.25, -0.2) is 4.79 Å². The van der Waals surface area contributed by atoms with Gasteiger partial charge in [0.05, 0.1) is 30.0 Å². The molecule has 1 rings (SSSR count). The van der Waals surface area contributed by atoms with Crippen molar-refractivity contribution in [1.82, 2.24) is 0 Å². The van der Waals surface area contributed by atoms with Crippen LogP contribution in [0.5, 0.6) is 0 Å². The second-order valence-electron chi connectivity index (χ2n) is 4.25. The van der Waals surface area contributed by atoms with E-state index in [1.54, 1.807) is 13.0 Å². The smallest absolute Gasteiger partial charge is 0.390 e. The van der Waals surface area contributed by atoms with Crippen LogP contribution in [0.3, 0.4) is 0 Å². The van der Waals surface area contributed by atoms with E-state index in [1.807, 2.05) is 0 Å². The monoisotopic (exact) mass is 290 g/mol. The standard InChI is InChI=1S/C13H17F3N2O2/c1-3-20-12(19)9-5-4-6-10(17)11(9)18(2)8-7-13(14,15)16/h4-6H,3,7-8,17H2,1-2H3. The van der Waals surface area contributed by atoms with Gasteiger partial charge in [0.2, 0.25) is 0 Å². The number of hydrogen-bond donors (Lipinski definition) is 1. The average molecular weight is 290 g/mol. The van der Waals surface area contributed by atoms with Crippen molar-refractivity contribution in [1.29, 1.82) is 0 Å². The van der Waals surface area contributed by atoms with Crippen LogP contribution in [0.2, 0.25) is 0 Å². The van der Waals surface area contributed by atoms with Gasteiger partial charge in [-0.2, -0.15) is 13.2 Å². The molecule has 0 heterocycles. The molecule has 0 aliphatic carbocycles. The highest BCUT2D eigenvalue weighted by molar-refractivity contribution is 5.99. The number of nitrogens with two attached hydrogens (primary N) is 1. The quantitative estimate of drug-likeness (QED) is 0.669. The summed E-state index contributed by atoms with van der Waals surface area (Å²) in [6.45, 7) is 1.54. The normalized spacial score (nSPS) is 11.2. The summed E-state index contributed by atoms with van der Waals surface area (Å²) >= 11 is 0. The highest BCUT2D eigenvalue weighted by Crippen LogP contribution is 2.29. The summed E-state index contributed by atoms with van der Waals surface area (Å²) in [7, 11) is 1.46. The van der Waals surface area contributed by atoms with Crippen LogP contribution in [0.1, 0.15) is 23.7 Å². The zero-order chi connectivity index (χ0) is 15.3. The second kappa shape index (κ2) is 6.49. The van der Waals surface area contributed by atoms with Crippen molar-refractivity contribution in [2.24, 2.45) is 0 Å². The molecule has 0 bridgehead atoms. The lowest BCUT2D eigenvalue weighted by molar-refractivity contribution is -0.132. The predicted molar refractivity (Wildman–Crippen MR) is 70.8 cm³/mol. The van der Waals surface area contributed by atoms with Crippen molar-refractivity contribution in [3.8, 4) is 0 Å². The highest BCUT2D eigenvalue weighted by Gasteiger charge is 2.28. The molecule has 0 unspecified atom stereocenters. The molecule has 112 valence electrons. The first-order valence-electron chi connectivity index (χ1n) is 6.09. The molecule has 0 saturated carbocycles. The van der Waals surface area contributed by atoms with Gasteiger partial charge in [-0.1, -0.05) is 6.07 Å². The minimum Gasteiger partial charge on any atom is -0.462 e. The minimum absolute atomic E-state index is 0.163. The van der Waals surface area contributed by atoms with Crippen molar-refractivity contribution in [3.05, 3.63) is 23.8 Å². The van der Waals surface area contributed by atoms with E-state index in [4.69, 9.17) is 10.5 Å². The number of hydrogen-bond acceptors (Lipinski definition) is 4. The Hall–Kier alpha value is -1.92. The Morgan fingerprint density at radius 3 is 2.60 bits per heavy atom. The first kappa shape index (κ1) is 16.1. The Morgan fingerprint density at radius 1 is 1.40 bits per heavy atom. The van der Waals surface area contributed by atoms with E-state index in [0.29, 0.717) is 0 Å². The number of carbonyl (C=O) groups excluding carboxylic acids is 1. The van der Waals surface area contributed by atoms with E-state index in [0.717, 1.165) is 0 Å². The molecule has 0 saturated heterocycles. The van der Waals surface area contributed by atoms with Crippen LogP contribution >= 0.6 is 0 Å². The predicted octanol–water partition coefficient (Wildman–Crippen LogP) is 2.83. The molecule has 1 aromatic carbocycles. The number of carbonyl (C=O) groups is 1. The lowest BCUT2D eigenvalue weighted by Crippen LogP contribution is -2.26. The van der Waals surface area contributed by atoms with Crippen LogP contribution in [-0.2, 0) is 4.74 Å². The van der Waals surface area contributed by atoms with Gasteiger partial charge in [0.15, 0.2) is 0 Å². The van der Waals surface area contributed by atoms with Crippen LogP contribution in [0, 0.1) is 0 Å². The van der Waals surface area contributed by atoms with Crippen molar-refractivity contribution >= 4 is 17.3 Å². The fourth-order valence-electron chi connectivity index (χ4n) is 1.77. The van der Waals surface area contributed by atoms with E-state index in [9.17, 15) is 18.0 Å². The molecule has 4 nitrogen and oxygen atoms in total. The van der Waals surface area contributed by atoms with Crippen molar-refractivity contribution in [3.63, 3.8) is 0 Å². The molecule has 7 heteroatoms. The number of para-hydroxylation sites is 1. The van der Waals surface area contributed by atoms with E-state index in [1.165, 1.54) is 24.1 Å². The zero-order valence-electron chi connectivity index (χ0n) is 11.3. The largest absolute Gasteiger partial charge is 0.462 e. The number of benzene rings is 1. The molecule has 0 radical (unpaired) electrons. The molecule has 2 N–H and O–H groups in total. The number of halogens is 3. The summed E-state index contributed by atoms with van der Waals surface area (Å²) in [4.78, 5) is 13.1. The Bertz CT molecular complexity index is 475. The lowest BCUT2D eigenvalue weighted by atomic mass is 10.1. The lowest BCUT2D eigenvalue weighted by Gasteiger charge is -2.24. The molecular weight excluding hydrogens is 273 g/mol. The average Bonchev–Trinajstić information content (AvgIpc) is 2.35. The number of rotatable bonds is 5. The molecule has 0 aromatic heterocycles. The maximum atomic E-state index is 12.3. The fourth-order valence-corrected chi connectivity index (χ4v) is 1.77. The molecular formula is C13H17F3N2O2. The summed E-state index contributed by atoms with van der Waals surface area (Å²) < 4.78 is 41.7. The van der Waals surface area contributed by atoms with Gasteiger partial charge < -0.3 is 15.4 Å². The second-order valence-corrected chi connectivity index (χ2v) is 4.25. The summed E-state index contributed by atoms with van der Waals surface area (Å²) in [5.41, 5.74) is 6.42. The SMILES string of the molecule is CCOC(=O)c1cccc(N)c1N(C)CCC(F)(F)F. The maximum absolute atomic E-state index is 12.3. The van der Waals surface area contributed by atoms with Crippen LogP contribution in [0.15, 0.2) is 18.2 Å². The third-order valence-electron chi connectivity index (χ3n) is 2.67. The van der Waals surface area contributed by atoms with Crippen molar-refractivity contribution < 1.29 is 22.7 Å². The summed E-state index contributed by atoms with van der Waals surface area (Å²) in [6, 6.07) is 4.57. The van der Waals surface area contributed by atoms with Gasteiger partial charge in [0.25, 0.3) is 0 Å². The molecule has 0 fully saturated rings. The van der Waals surface area contributed by atoms with Crippen molar-refractivity contribution in [2.75, 3.05) is 30.8 Å². The minimum atomic E-state index is -4.26. The number of anilines is 2. The number of nitrogens with zero attached hydrogens (tertiary/aromatic N) is 1. The van der Waals surface area contributed by atoms with Crippen molar-refractivity contribution in [2.45, 2.75) is 19.5 Å². The Balaban J connectivity index is 3.00. The highest BCUT2D eigenvalue weighted by atomic mass is 19.4. The molecule has 0 spiro atoms. The molecule has 1 aromatic rings. The Kier molecular flexibility index (Phi) is 5.24. The summed E-state index contributed by atoms with van der Waals surface area (Å²) in [6.07, 6.45) is -5.25. The third-order valence-corrected chi connectivity index (χ3v) is 2.67. The van der Waals surface area contributed by atoms with Gasteiger partial charge in [0.1, 0.15) is 0 Å². The summed E-state index contributed by atoms with van der Waals surface area (Å²) in [5, 5.41) is 0. The number of nitrogen functional groups attached to an aromatic ring is 1. The van der Waals surface area contributed by atoms with E-state index < -0.39 is 18.6 Å². The Labute approximate surface area is 115 Å². The molecule has 0 amide bonds. The van der Waals surface area contributed by atoms with Crippen LogP contribution in [0.25, 0.3) is 0 Å². The number of alkyl halides is 3. The zero-order valence-corrected chi connectivity index (χ0v) is 11.3. The first-order valence-corrected chi connectivity index (χ1v) is 6.09.